The first-order chi connectivity index (χ1) is 12.9. The van der Waals surface area contributed by atoms with Crippen molar-refractivity contribution in [1.29, 1.82) is 0 Å². The summed E-state index contributed by atoms with van der Waals surface area (Å²) in [5, 5.41) is 0. The van der Waals surface area contributed by atoms with Crippen LogP contribution in [0.1, 0.15) is 11.3 Å². The van der Waals surface area contributed by atoms with Gasteiger partial charge in [0.05, 0.1) is 18.8 Å². The highest BCUT2D eigenvalue weighted by Gasteiger charge is 2.31. The quantitative estimate of drug-likeness (QED) is 0.656. The number of hydrogen-bond acceptors (Lipinski definition) is 4. The second kappa shape index (κ2) is 9.72. The van der Waals surface area contributed by atoms with E-state index >= 15 is 0 Å². The van der Waals surface area contributed by atoms with Gasteiger partial charge in [0.15, 0.2) is 0 Å². The number of alkyl halides is 3. The number of hydrogen-bond donors (Lipinski definition) is 0. The standard InChI is InChI=1S/C19H19F3N2O3/c1-26-13-12-24(14-16-7-4-5-11-23-16)18(25)10-9-15-6-2-3-8-17(15)27-19(20,21)22/h2-11H,12-14H2,1H3/b10-9+. The molecule has 0 aliphatic carbocycles. The van der Waals surface area contributed by atoms with Crippen LogP contribution in [0.5, 0.6) is 5.75 Å². The normalized spacial score (nSPS) is 11.6. The zero-order chi connectivity index (χ0) is 19.7. The van der Waals surface area contributed by atoms with E-state index in [1.165, 1.54) is 42.4 Å². The Hall–Kier alpha value is -2.87. The van der Waals surface area contributed by atoms with Gasteiger partial charge in [-0.1, -0.05) is 24.3 Å². The number of ether oxygens (including phenoxy) is 2. The summed E-state index contributed by atoms with van der Waals surface area (Å²) in [7, 11) is 1.52. The lowest BCUT2D eigenvalue weighted by molar-refractivity contribution is -0.274. The molecule has 0 aliphatic heterocycles. The smallest absolute Gasteiger partial charge is 0.405 e. The molecular weight excluding hydrogens is 361 g/mol. The molecule has 0 spiro atoms. The largest absolute Gasteiger partial charge is 0.573 e. The topological polar surface area (TPSA) is 51.7 Å². The van der Waals surface area contributed by atoms with E-state index in [2.05, 4.69) is 9.72 Å². The van der Waals surface area contributed by atoms with E-state index in [0.717, 1.165) is 0 Å². The van der Waals surface area contributed by atoms with Crippen LogP contribution in [-0.2, 0) is 16.1 Å². The summed E-state index contributed by atoms with van der Waals surface area (Å²) < 4.78 is 46.5. The van der Waals surface area contributed by atoms with Crippen molar-refractivity contribution in [1.82, 2.24) is 9.88 Å². The zero-order valence-corrected chi connectivity index (χ0v) is 14.6. The van der Waals surface area contributed by atoms with Gasteiger partial charge in [-0.3, -0.25) is 9.78 Å². The van der Waals surface area contributed by atoms with Crippen LogP contribution in [0.2, 0.25) is 0 Å². The highest BCUT2D eigenvalue weighted by atomic mass is 19.4. The third-order valence-corrected chi connectivity index (χ3v) is 3.51. The van der Waals surface area contributed by atoms with Crippen LogP contribution >= 0.6 is 0 Å². The first kappa shape index (κ1) is 20.4. The number of halogens is 3. The number of carbonyl (C=O) groups is 1. The highest BCUT2D eigenvalue weighted by molar-refractivity contribution is 5.92. The molecule has 0 aliphatic rings. The van der Waals surface area contributed by atoms with Gasteiger partial charge < -0.3 is 14.4 Å². The number of nitrogens with zero attached hydrogens (tertiary/aromatic N) is 2. The third kappa shape index (κ3) is 7.10. The highest BCUT2D eigenvalue weighted by Crippen LogP contribution is 2.27. The maximum absolute atomic E-state index is 12.5. The molecule has 1 aromatic heterocycles. The molecule has 2 rings (SSSR count). The predicted octanol–water partition coefficient (Wildman–Crippen LogP) is 3.67. The zero-order valence-electron chi connectivity index (χ0n) is 14.6. The lowest BCUT2D eigenvalue weighted by Gasteiger charge is -2.20. The van der Waals surface area contributed by atoms with Crippen molar-refractivity contribution in [2.24, 2.45) is 0 Å². The van der Waals surface area contributed by atoms with Crippen molar-refractivity contribution in [3.63, 3.8) is 0 Å². The van der Waals surface area contributed by atoms with E-state index in [0.29, 0.717) is 18.8 Å². The Morgan fingerprint density at radius 3 is 2.59 bits per heavy atom. The Bertz CT molecular complexity index is 764. The van der Waals surface area contributed by atoms with Gasteiger partial charge in [0.1, 0.15) is 5.75 Å². The van der Waals surface area contributed by atoms with Gasteiger partial charge in [-0.2, -0.15) is 0 Å². The maximum atomic E-state index is 12.5. The molecular formula is C19H19F3N2O3. The molecule has 27 heavy (non-hydrogen) atoms. The van der Waals surface area contributed by atoms with E-state index in [4.69, 9.17) is 4.74 Å². The van der Waals surface area contributed by atoms with Crippen molar-refractivity contribution in [3.05, 3.63) is 66.0 Å². The average Bonchev–Trinajstić information content (AvgIpc) is 2.63. The number of carbonyl (C=O) groups excluding carboxylic acids is 1. The molecule has 0 atom stereocenters. The molecule has 0 saturated heterocycles. The van der Waals surface area contributed by atoms with Crippen LogP contribution in [0.25, 0.3) is 6.08 Å². The van der Waals surface area contributed by atoms with E-state index in [1.807, 2.05) is 6.07 Å². The Balaban J connectivity index is 2.14. The van der Waals surface area contributed by atoms with Crippen molar-refractivity contribution in [2.75, 3.05) is 20.3 Å². The van der Waals surface area contributed by atoms with E-state index in [-0.39, 0.29) is 23.8 Å². The minimum Gasteiger partial charge on any atom is -0.405 e. The average molecular weight is 380 g/mol. The van der Waals surface area contributed by atoms with Gasteiger partial charge in [0.25, 0.3) is 0 Å². The Morgan fingerprint density at radius 1 is 1.19 bits per heavy atom. The van der Waals surface area contributed by atoms with Crippen LogP contribution < -0.4 is 4.74 Å². The van der Waals surface area contributed by atoms with Crippen molar-refractivity contribution in [3.8, 4) is 5.75 Å². The molecule has 1 heterocycles. The summed E-state index contributed by atoms with van der Waals surface area (Å²) in [5.74, 6) is -0.748. The third-order valence-electron chi connectivity index (χ3n) is 3.51. The summed E-state index contributed by atoms with van der Waals surface area (Å²) >= 11 is 0. The lowest BCUT2D eigenvalue weighted by Crippen LogP contribution is -2.32. The molecule has 0 fully saturated rings. The second-order valence-electron chi connectivity index (χ2n) is 5.49. The van der Waals surface area contributed by atoms with Gasteiger partial charge in [0, 0.05) is 31.5 Å². The van der Waals surface area contributed by atoms with Crippen molar-refractivity contribution < 1.29 is 27.4 Å². The summed E-state index contributed by atoms with van der Waals surface area (Å²) in [6.45, 7) is 0.894. The lowest BCUT2D eigenvalue weighted by atomic mass is 10.2. The van der Waals surface area contributed by atoms with Crippen LogP contribution in [0.15, 0.2) is 54.7 Å². The molecule has 8 heteroatoms. The molecule has 5 nitrogen and oxygen atoms in total. The van der Waals surface area contributed by atoms with Gasteiger partial charge >= 0.3 is 6.36 Å². The Labute approximate surface area is 155 Å². The molecule has 0 radical (unpaired) electrons. The molecule has 144 valence electrons. The van der Waals surface area contributed by atoms with Gasteiger partial charge in [-0.15, -0.1) is 13.2 Å². The van der Waals surface area contributed by atoms with Crippen LogP contribution in [0.4, 0.5) is 13.2 Å². The van der Waals surface area contributed by atoms with Crippen molar-refractivity contribution in [2.45, 2.75) is 12.9 Å². The monoisotopic (exact) mass is 380 g/mol. The van der Waals surface area contributed by atoms with Crippen molar-refractivity contribution >= 4 is 12.0 Å². The Morgan fingerprint density at radius 2 is 1.93 bits per heavy atom. The van der Waals surface area contributed by atoms with Gasteiger partial charge in [-0.05, 0) is 24.3 Å². The molecule has 1 aromatic carbocycles. The first-order valence-electron chi connectivity index (χ1n) is 8.09. The summed E-state index contributed by atoms with van der Waals surface area (Å²) in [6, 6.07) is 11.0. The number of methoxy groups -OCH3 is 1. The van der Waals surface area contributed by atoms with Gasteiger partial charge in [0.2, 0.25) is 5.91 Å². The number of rotatable bonds is 8. The van der Waals surface area contributed by atoms with E-state index < -0.39 is 6.36 Å². The summed E-state index contributed by atoms with van der Waals surface area (Å²) in [5.41, 5.74) is 0.837. The van der Waals surface area contributed by atoms with Crippen LogP contribution in [0.3, 0.4) is 0 Å². The fourth-order valence-electron chi connectivity index (χ4n) is 2.26. The van der Waals surface area contributed by atoms with Gasteiger partial charge in [-0.25, -0.2) is 0 Å². The first-order valence-corrected chi connectivity index (χ1v) is 8.09. The minimum absolute atomic E-state index is 0.146. The van der Waals surface area contributed by atoms with E-state index in [1.54, 1.807) is 24.4 Å². The molecule has 1 amide bonds. The number of pyridine rings is 1. The second-order valence-corrected chi connectivity index (χ2v) is 5.49. The van der Waals surface area contributed by atoms with Crippen LogP contribution in [0, 0.1) is 0 Å². The fourth-order valence-corrected chi connectivity index (χ4v) is 2.26. The number of amides is 1. The Kier molecular flexibility index (Phi) is 7.36. The number of benzene rings is 1. The summed E-state index contributed by atoms with van der Waals surface area (Å²) in [4.78, 5) is 18.2. The van der Waals surface area contributed by atoms with E-state index in [9.17, 15) is 18.0 Å². The van der Waals surface area contributed by atoms with Crippen LogP contribution in [-0.4, -0.2) is 42.4 Å². The molecule has 0 unspecified atom stereocenters. The minimum atomic E-state index is -4.81. The fraction of sp³-hybridized carbons (Fsp3) is 0.263. The number of aromatic nitrogens is 1. The maximum Gasteiger partial charge on any atom is 0.573 e. The predicted molar refractivity (Wildman–Crippen MR) is 93.7 cm³/mol. The molecule has 0 saturated carbocycles. The molecule has 0 N–H and O–H groups in total. The molecule has 2 aromatic rings. The SMILES string of the molecule is COCCN(Cc1ccccn1)C(=O)/C=C/c1ccccc1OC(F)(F)F. The number of para-hydroxylation sites is 1. The molecule has 0 bridgehead atoms. The summed E-state index contributed by atoms with van der Waals surface area (Å²) in [6.07, 6.45) is -0.689.